The van der Waals surface area contributed by atoms with Crippen molar-refractivity contribution in [2.75, 3.05) is 17.8 Å². The topological polar surface area (TPSA) is 29.5 Å². The number of methoxy groups -OCH3 is 1. The number of hydrogen-bond acceptors (Lipinski definition) is 3. The Hall–Kier alpha value is -1.94. The van der Waals surface area contributed by atoms with E-state index in [4.69, 9.17) is 4.74 Å². The summed E-state index contributed by atoms with van der Waals surface area (Å²) in [6.45, 7) is 2.11. The Kier molecular flexibility index (Phi) is 4.39. The molecule has 2 aromatic rings. The smallest absolute Gasteiger partial charge is 0.237 e. The highest BCUT2D eigenvalue weighted by molar-refractivity contribution is 8.00. The summed E-state index contributed by atoms with van der Waals surface area (Å²) >= 11 is 1.56. The Morgan fingerprint density at radius 2 is 1.95 bits per heavy atom. The summed E-state index contributed by atoms with van der Waals surface area (Å²) < 4.78 is 5.14. The molecule has 0 saturated heterocycles. The van der Waals surface area contributed by atoms with Crippen LogP contribution in [-0.2, 0) is 11.2 Å². The van der Waals surface area contributed by atoms with Crippen molar-refractivity contribution in [3.05, 3.63) is 54.1 Å². The van der Waals surface area contributed by atoms with E-state index < -0.39 is 0 Å². The SMILES string of the molecule is COc1ccc(SCC(=O)N2c3ccccc3C[C@H]2C)cc1. The number of para-hydroxylation sites is 1. The van der Waals surface area contributed by atoms with Gasteiger partial charge in [0.2, 0.25) is 5.91 Å². The molecule has 1 heterocycles. The summed E-state index contributed by atoms with van der Waals surface area (Å²) in [5, 5.41) is 0. The first-order chi connectivity index (χ1) is 10.7. The molecule has 0 spiro atoms. The van der Waals surface area contributed by atoms with Gasteiger partial charge in [0.1, 0.15) is 5.75 Å². The summed E-state index contributed by atoms with van der Waals surface area (Å²) in [6, 6.07) is 16.2. The first-order valence-corrected chi connectivity index (χ1v) is 8.34. The molecule has 1 amide bonds. The van der Waals surface area contributed by atoms with Gasteiger partial charge in [-0.3, -0.25) is 4.79 Å². The third kappa shape index (κ3) is 2.97. The number of hydrogen-bond donors (Lipinski definition) is 0. The second-order valence-electron chi connectivity index (χ2n) is 5.41. The van der Waals surface area contributed by atoms with Gasteiger partial charge in [-0.1, -0.05) is 18.2 Å². The van der Waals surface area contributed by atoms with Crippen molar-refractivity contribution >= 4 is 23.4 Å². The Bertz CT molecular complexity index is 669. The molecule has 114 valence electrons. The first kappa shape index (κ1) is 15.0. The molecule has 22 heavy (non-hydrogen) atoms. The van der Waals surface area contributed by atoms with Gasteiger partial charge in [-0.2, -0.15) is 0 Å². The van der Waals surface area contributed by atoms with E-state index in [0.717, 1.165) is 22.8 Å². The zero-order valence-corrected chi connectivity index (χ0v) is 13.6. The van der Waals surface area contributed by atoms with Gasteiger partial charge in [-0.25, -0.2) is 0 Å². The van der Waals surface area contributed by atoms with E-state index in [0.29, 0.717) is 5.75 Å². The van der Waals surface area contributed by atoms with Crippen LogP contribution in [0.25, 0.3) is 0 Å². The molecular formula is C18H19NO2S. The van der Waals surface area contributed by atoms with E-state index in [1.807, 2.05) is 47.4 Å². The molecule has 1 aliphatic rings. The lowest BCUT2D eigenvalue weighted by Gasteiger charge is -2.22. The lowest BCUT2D eigenvalue weighted by atomic mass is 10.1. The number of anilines is 1. The molecule has 3 rings (SSSR count). The van der Waals surface area contributed by atoms with Gasteiger partial charge in [0.25, 0.3) is 0 Å². The number of nitrogens with zero attached hydrogens (tertiary/aromatic N) is 1. The van der Waals surface area contributed by atoms with Crippen LogP contribution in [0.4, 0.5) is 5.69 Å². The van der Waals surface area contributed by atoms with Gasteiger partial charge in [-0.15, -0.1) is 11.8 Å². The van der Waals surface area contributed by atoms with Gasteiger partial charge in [-0.05, 0) is 49.2 Å². The van der Waals surface area contributed by atoms with Crippen molar-refractivity contribution in [3.8, 4) is 5.75 Å². The molecule has 0 bridgehead atoms. The number of rotatable bonds is 4. The van der Waals surface area contributed by atoms with Crippen LogP contribution in [0.2, 0.25) is 0 Å². The number of fused-ring (bicyclic) bond motifs is 1. The van der Waals surface area contributed by atoms with E-state index in [-0.39, 0.29) is 11.9 Å². The first-order valence-electron chi connectivity index (χ1n) is 7.36. The van der Waals surface area contributed by atoms with E-state index >= 15 is 0 Å². The van der Waals surface area contributed by atoms with Crippen molar-refractivity contribution in [1.82, 2.24) is 0 Å². The number of ether oxygens (including phenoxy) is 1. The summed E-state index contributed by atoms with van der Waals surface area (Å²) in [6.07, 6.45) is 0.940. The van der Waals surface area contributed by atoms with Gasteiger partial charge in [0.15, 0.2) is 0 Å². The minimum absolute atomic E-state index is 0.165. The molecule has 4 heteroatoms. The monoisotopic (exact) mass is 313 g/mol. The molecule has 0 aliphatic carbocycles. The van der Waals surface area contributed by atoms with Crippen LogP contribution in [0.1, 0.15) is 12.5 Å². The Morgan fingerprint density at radius 3 is 2.68 bits per heavy atom. The third-order valence-electron chi connectivity index (χ3n) is 3.90. The van der Waals surface area contributed by atoms with E-state index in [1.165, 1.54) is 5.56 Å². The van der Waals surface area contributed by atoms with Crippen LogP contribution >= 0.6 is 11.8 Å². The lowest BCUT2D eigenvalue weighted by molar-refractivity contribution is -0.116. The highest BCUT2D eigenvalue weighted by atomic mass is 32.2. The summed E-state index contributed by atoms with van der Waals surface area (Å²) in [5.74, 6) is 1.45. The molecule has 1 atom stereocenters. The zero-order valence-electron chi connectivity index (χ0n) is 12.8. The minimum atomic E-state index is 0.165. The van der Waals surface area contributed by atoms with Crippen LogP contribution in [0.15, 0.2) is 53.4 Å². The van der Waals surface area contributed by atoms with E-state index in [2.05, 4.69) is 13.0 Å². The maximum absolute atomic E-state index is 12.6. The van der Waals surface area contributed by atoms with Gasteiger partial charge >= 0.3 is 0 Å². The molecule has 0 aromatic heterocycles. The predicted octanol–water partition coefficient (Wildman–Crippen LogP) is 3.77. The van der Waals surface area contributed by atoms with Crippen LogP contribution in [0.3, 0.4) is 0 Å². The van der Waals surface area contributed by atoms with Crippen molar-refractivity contribution in [3.63, 3.8) is 0 Å². The van der Waals surface area contributed by atoms with Gasteiger partial charge in [0.05, 0.1) is 12.9 Å². The molecule has 0 unspecified atom stereocenters. The maximum Gasteiger partial charge on any atom is 0.237 e. The molecule has 3 nitrogen and oxygen atoms in total. The van der Waals surface area contributed by atoms with Gasteiger partial charge in [0, 0.05) is 16.6 Å². The largest absolute Gasteiger partial charge is 0.497 e. The second kappa shape index (κ2) is 6.44. The highest BCUT2D eigenvalue weighted by Crippen LogP contribution is 2.33. The van der Waals surface area contributed by atoms with Crippen LogP contribution in [0, 0.1) is 0 Å². The van der Waals surface area contributed by atoms with E-state index in [1.54, 1.807) is 18.9 Å². The average Bonchev–Trinajstić information content (AvgIpc) is 2.89. The standard InChI is InChI=1S/C18H19NO2S/c1-13-11-14-5-3-4-6-17(14)19(13)18(20)12-22-16-9-7-15(21-2)8-10-16/h3-10,13H,11-12H2,1-2H3/t13-/m1/s1. The zero-order chi connectivity index (χ0) is 15.5. The number of carbonyl (C=O) groups is 1. The number of amides is 1. The Balaban J connectivity index is 1.67. The van der Waals surface area contributed by atoms with Crippen molar-refractivity contribution in [2.45, 2.75) is 24.3 Å². The quantitative estimate of drug-likeness (QED) is 0.805. The maximum atomic E-state index is 12.6. The molecule has 0 N–H and O–H groups in total. The predicted molar refractivity (Wildman–Crippen MR) is 90.8 cm³/mol. The van der Waals surface area contributed by atoms with Crippen LogP contribution < -0.4 is 9.64 Å². The minimum Gasteiger partial charge on any atom is -0.497 e. The Labute approximate surface area is 135 Å². The number of thioether (sulfide) groups is 1. The summed E-state index contributed by atoms with van der Waals surface area (Å²) in [7, 11) is 1.65. The van der Waals surface area contributed by atoms with Gasteiger partial charge < -0.3 is 9.64 Å². The molecule has 1 aliphatic heterocycles. The number of benzene rings is 2. The molecule has 0 radical (unpaired) electrons. The summed E-state index contributed by atoms with van der Waals surface area (Å²) in [5.41, 5.74) is 2.33. The molecular weight excluding hydrogens is 294 g/mol. The van der Waals surface area contributed by atoms with Crippen molar-refractivity contribution in [2.24, 2.45) is 0 Å². The van der Waals surface area contributed by atoms with Crippen molar-refractivity contribution in [1.29, 1.82) is 0 Å². The van der Waals surface area contributed by atoms with Crippen LogP contribution in [-0.4, -0.2) is 24.8 Å². The molecule has 0 saturated carbocycles. The fourth-order valence-electron chi connectivity index (χ4n) is 2.83. The molecule has 0 fully saturated rings. The lowest BCUT2D eigenvalue weighted by Crippen LogP contribution is -2.36. The third-order valence-corrected chi connectivity index (χ3v) is 4.89. The second-order valence-corrected chi connectivity index (χ2v) is 6.46. The molecule has 2 aromatic carbocycles. The highest BCUT2D eigenvalue weighted by Gasteiger charge is 2.30. The fraction of sp³-hybridized carbons (Fsp3) is 0.278. The number of carbonyl (C=O) groups excluding carboxylic acids is 1. The average molecular weight is 313 g/mol. The Morgan fingerprint density at radius 1 is 1.23 bits per heavy atom. The van der Waals surface area contributed by atoms with Crippen LogP contribution in [0.5, 0.6) is 5.75 Å². The van der Waals surface area contributed by atoms with Crippen molar-refractivity contribution < 1.29 is 9.53 Å². The van der Waals surface area contributed by atoms with E-state index in [9.17, 15) is 4.79 Å². The normalized spacial score (nSPS) is 16.5. The summed E-state index contributed by atoms with van der Waals surface area (Å²) in [4.78, 5) is 15.6. The fourth-order valence-corrected chi connectivity index (χ4v) is 3.59.